The van der Waals surface area contributed by atoms with Gasteiger partial charge in [-0.2, -0.15) is 0 Å². The molecule has 1 aliphatic heterocycles. The summed E-state index contributed by atoms with van der Waals surface area (Å²) in [7, 11) is 0. The van der Waals surface area contributed by atoms with Gasteiger partial charge in [0.05, 0.1) is 22.4 Å². The minimum Gasteiger partial charge on any atom is -0.458 e. The first-order chi connectivity index (χ1) is 16.7. The van der Waals surface area contributed by atoms with Crippen molar-refractivity contribution >= 4 is 23.7 Å². The number of non-ortho nitro benzene ring substituents is 1. The van der Waals surface area contributed by atoms with Gasteiger partial charge in [-0.3, -0.25) is 14.9 Å². The van der Waals surface area contributed by atoms with Crippen molar-refractivity contribution in [2.24, 2.45) is 5.92 Å². The molecule has 1 heterocycles. The van der Waals surface area contributed by atoms with E-state index in [2.05, 4.69) is 0 Å². The summed E-state index contributed by atoms with van der Waals surface area (Å²) in [6, 6.07) is 13.8. The van der Waals surface area contributed by atoms with Crippen LogP contribution in [0.4, 0.5) is 10.5 Å². The van der Waals surface area contributed by atoms with Crippen LogP contribution in [0.3, 0.4) is 0 Å². The molecule has 9 heteroatoms. The highest BCUT2D eigenvalue weighted by atomic mass is 16.6. The summed E-state index contributed by atoms with van der Waals surface area (Å²) in [4.78, 5) is 50.3. The number of nitro groups is 1. The van der Waals surface area contributed by atoms with Crippen molar-refractivity contribution in [2.75, 3.05) is 0 Å². The fraction of sp³-hybridized carbons (Fsp3) is 0.423. The third-order valence-electron chi connectivity index (χ3n) is 6.25. The topological polar surface area (TPSA) is 116 Å². The van der Waals surface area contributed by atoms with Gasteiger partial charge in [0.25, 0.3) is 5.69 Å². The molecule has 0 saturated carbocycles. The van der Waals surface area contributed by atoms with Crippen molar-refractivity contribution < 1.29 is 28.8 Å². The summed E-state index contributed by atoms with van der Waals surface area (Å²) in [5.74, 6) is -1.95. The number of carbonyl (C=O) groups is 3. The molecule has 4 atom stereocenters. The van der Waals surface area contributed by atoms with E-state index in [9.17, 15) is 24.5 Å². The number of benzene rings is 2. The molecule has 2 amide bonds. The van der Waals surface area contributed by atoms with Gasteiger partial charge in [-0.25, -0.2) is 14.5 Å². The molecule has 0 aliphatic carbocycles. The molecular formula is C26H30N2O7. The van der Waals surface area contributed by atoms with Crippen molar-refractivity contribution in [1.29, 1.82) is 0 Å². The second-order valence-electron chi connectivity index (χ2n) is 8.70. The van der Waals surface area contributed by atoms with E-state index in [1.807, 2.05) is 37.3 Å². The Labute approximate surface area is 204 Å². The van der Waals surface area contributed by atoms with Crippen LogP contribution >= 0.6 is 0 Å². The molecular weight excluding hydrogens is 452 g/mol. The zero-order valence-electron chi connectivity index (χ0n) is 20.1. The smallest absolute Gasteiger partial charge is 0.417 e. The first-order valence-electron chi connectivity index (χ1n) is 11.8. The third-order valence-corrected chi connectivity index (χ3v) is 6.25. The maximum atomic E-state index is 13.4. The van der Waals surface area contributed by atoms with Crippen LogP contribution in [0, 0.1) is 16.0 Å². The van der Waals surface area contributed by atoms with Crippen LogP contribution in [0.1, 0.15) is 68.5 Å². The number of cyclic esters (lactones) is 1. The van der Waals surface area contributed by atoms with Gasteiger partial charge in [0.2, 0.25) is 5.91 Å². The molecule has 0 radical (unpaired) electrons. The standard InChI is InChI=1S/C26H30N2O7/c1-4-5-7-12-22(34-25(30)20-13-15-21(16-14-20)28(32)33)17(2)24(29)27-18(3)23(35-26(27)31)19-10-8-6-9-11-19/h6,8-11,13-18,22-23H,4-5,7,12H2,1-3H3/t17-,18-,22-,23-/m1/s1. The highest BCUT2D eigenvalue weighted by Gasteiger charge is 2.46. The Morgan fingerprint density at radius 2 is 1.77 bits per heavy atom. The summed E-state index contributed by atoms with van der Waals surface area (Å²) in [5, 5.41) is 10.9. The molecule has 2 aromatic rings. The Morgan fingerprint density at radius 3 is 2.37 bits per heavy atom. The number of rotatable bonds is 10. The van der Waals surface area contributed by atoms with E-state index in [1.165, 1.54) is 24.3 Å². The van der Waals surface area contributed by atoms with Crippen LogP contribution in [0.25, 0.3) is 0 Å². The molecule has 2 aromatic carbocycles. The van der Waals surface area contributed by atoms with Crippen molar-refractivity contribution in [3.63, 3.8) is 0 Å². The zero-order valence-corrected chi connectivity index (χ0v) is 20.1. The van der Waals surface area contributed by atoms with Crippen molar-refractivity contribution in [1.82, 2.24) is 4.90 Å². The SMILES string of the molecule is CCCCC[C@@H](OC(=O)c1ccc([N+](=O)[O-])cc1)[C@@H](C)C(=O)N1C(=O)O[C@@H](c2ccccc2)[C@H]1C. The number of hydrogen-bond donors (Lipinski definition) is 0. The summed E-state index contributed by atoms with van der Waals surface area (Å²) in [6.45, 7) is 5.43. The van der Waals surface area contributed by atoms with E-state index in [-0.39, 0.29) is 11.3 Å². The first kappa shape index (κ1) is 25.9. The summed E-state index contributed by atoms with van der Waals surface area (Å²) in [5.41, 5.74) is 0.799. The van der Waals surface area contributed by atoms with E-state index in [4.69, 9.17) is 9.47 Å². The minimum absolute atomic E-state index is 0.140. The van der Waals surface area contributed by atoms with Gasteiger partial charge >= 0.3 is 12.1 Å². The van der Waals surface area contributed by atoms with Crippen molar-refractivity contribution in [3.8, 4) is 0 Å². The lowest BCUT2D eigenvalue weighted by atomic mass is 9.96. The molecule has 0 spiro atoms. The second kappa shape index (κ2) is 11.6. The summed E-state index contributed by atoms with van der Waals surface area (Å²) < 4.78 is 11.2. The Kier molecular flexibility index (Phi) is 8.57. The number of nitrogens with zero attached hydrogens (tertiary/aromatic N) is 2. The number of ether oxygens (including phenoxy) is 2. The Balaban J connectivity index is 1.76. The number of carbonyl (C=O) groups excluding carboxylic acids is 3. The molecule has 0 unspecified atom stereocenters. The fourth-order valence-electron chi connectivity index (χ4n) is 4.16. The van der Waals surface area contributed by atoms with Gasteiger partial charge < -0.3 is 9.47 Å². The highest BCUT2D eigenvalue weighted by molar-refractivity contribution is 5.95. The van der Waals surface area contributed by atoms with E-state index < -0.39 is 47.1 Å². The average molecular weight is 483 g/mol. The summed E-state index contributed by atoms with van der Waals surface area (Å²) >= 11 is 0. The van der Waals surface area contributed by atoms with Gasteiger partial charge in [0, 0.05) is 12.1 Å². The maximum Gasteiger partial charge on any atom is 0.417 e. The highest BCUT2D eigenvalue weighted by Crippen LogP contribution is 2.34. The number of unbranched alkanes of at least 4 members (excludes halogenated alkanes) is 2. The quantitative estimate of drug-likeness (QED) is 0.191. The first-order valence-corrected chi connectivity index (χ1v) is 11.8. The van der Waals surface area contributed by atoms with Crippen LogP contribution in [0.2, 0.25) is 0 Å². The Hall–Kier alpha value is -3.75. The molecule has 186 valence electrons. The van der Waals surface area contributed by atoms with Gasteiger partial charge in [-0.15, -0.1) is 0 Å². The molecule has 1 fully saturated rings. The second-order valence-corrected chi connectivity index (χ2v) is 8.70. The average Bonchev–Trinajstić information content (AvgIpc) is 3.16. The molecule has 3 rings (SSSR count). The monoisotopic (exact) mass is 482 g/mol. The van der Waals surface area contributed by atoms with Gasteiger partial charge in [-0.1, -0.05) is 57.0 Å². The van der Waals surface area contributed by atoms with E-state index in [0.717, 1.165) is 29.7 Å². The molecule has 0 aromatic heterocycles. The van der Waals surface area contributed by atoms with E-state index in [1.54, 1.807) is 13.8 Å². The van der Waals surface area contributed by atoms with Crippen LogP contribution < -0.4 is 0 Å². The van der Waals surface area contributed by atoms with Crippen molar-refractivity contribution in [2.45, 2.75) is 64.7 Å². The van der Waals surface area contributed by atoms with Gasteiger partial charge in [-0.05, 0) is 37.5 Å². The number of hydrogen-bond acceptors (Lipinski definition) is 7. The van der Waals surface area contributed by atoms with E-state index in [0.29, 0.717) is 6.42 Å². The lowest BCUT2D eigenvalue weighted by molar-refractivity contribution is -0.384. The van der Waals surface area contributed by atoms with Crippen LogP contribution in [-0.4, -0.2) is 39.9 Å². The molecule has 35 heavy (non-hydrogen) atoms. The molecule has 9 nitrogen and oxygen atoms in total. The maximum absolute atomic E-state index is 13.4. The lowest BCUT2D eigenvalue weighted by Gasteiger charge is -2.28. The van der Waals surface area contributed by atoms with Crippen LogP contribution in [0.5, 0.6) is 0 Å². The van der Waals surface area contributed by atoms with Gasteiger partial charge in [0.15, 0.2) is 0 Å². The van der Waals surface area contributed by atoms with E-state index >= 15 is 0 Å². The molecule has 0 bridgehead atoms. The largest absolute Gasteiger partial charge is 0.458 e. The van der Waals surface area contributed by atoms with Crippen LogP contribution in [-0.2, 0) is 14.3 Å². The number of imide groups is 1. The molecule has 1 saturated heterocycles. The zero-order chi connectivity index (χ0) is 25.5. The number of amides is 2. The molecule has 0 N–H and O–H groups in total. The summed E-state index contributed by atoms with van der Waals surface area (Å²) in [6.07, 6.45) is 0.938. The predicted molar refractivity (Wildman–Crippen MR) is 128 cm³/mol. The number of esters is 1. The number of nitro benzene ring substituents is 1. The fourth-order valence-corrected chi connectivity index (χ4v) is 4.16. The minimum atomic E-state index is -0.793. The van der Waals surface area contributed by atoms with Crippen molar-refractivity contribution in [3.05, 3.63) is 75.8 Å². The Bertz CT molecular complexity index is 1060. The van der Waals surface area contributed by atoms with Gasteiger partial charge in [0.1, 0.15) is 12.2 Å². The Morgan fingerprint density at radius 1 is 1.11 bits per heavy atom. The van der Waals surface area contributed by atoms with Crippen LogP contribution in [0.15, 0.2) is 54.6 Å². The molecule has 1 aliphatic rings. The third kappa shape index (κ3) is 6.03. The predicted octanol–water partition coefficient (Wildman–Crippen LogP) is 5.45. The normalized spacial score (nSPS) is 19.1. The lowest BCUT2D eigenvalue weighted by Crippen LogP contribution is -2.45.